The van der Waals surface area contributed by atoms with Gasteiger partial charge in [-0.25, -0.2) is 19.2 Å². The largest absolute Gasteiger partial charge is 0.463 e. The molecule has 3 aliphatic heterocycles. The Morgan fingerprint density at radius 3 is 1.76 bits per heavy atom. The Kier molecular flexibility index (Phi) is 9.69. The van der Waals surface area contributed by atoms with E-state index in [-0.39, 0.29) is 52.0 Å². The Hall–Kier alpha value is -2.57. The monoisotopic (exact) mass is 635 g/mol. The molecule has 0 fully saturated rings. The van der Waals surface area contributed by atoms with Crippen molar-refractivity contribution in [2.24, 2.45) is 0 Å². The number of ether oxygens (including phenoxy) is 4. The molecule has 1 aromatic carbocycles. The van der Waals surface area contributed by atoms with Gasteiger partial charge in [-0.2, -0.15) is 0 Å². The maximum Gasteiger partial charge on any atom is 0.346 e. The first-order valence-electron chi connectivity index (χ1n) is 14.0. The topological polar surface area (TPSA) is 108 Å². The number of esters is 4. The fraction of sp³-hybridized carbons (Fsp3) is 0.533. The number of benzene rings is 1. The molecule has 2 atom stereocenters. The van der Waals surface area contributed by atoms with E-state index in [9.17, 15) is 19.2 Å². The molecule has 3 heterocycles. The molecule has 3 aliphatic rings. The third kappa shape index (κ3) is 5.34. The molecule has 0 bridgehead atoms. The van der Waals surface area contributed by atoms with Crippen molar-refractivity contribution in [1.82, 2.24) is 0 Å². The minimum atomic E-state index is -1.35. The van der Waals surface area contributed by atoms with Crippen LogP contribution in [0.5, 0.6) is 0 Å². The van der Waals surface area contributed by atoms with Gasteiger partial charge in [0.05, 0.1) is 32.0 Å². The van der Waals surface area contributed by atoms with E-state index in [0.717, 1.165) is 40.3 Å². The van der Waals surface area contributed by atoms with E-state index >= 15 is 0 Å². The molecule has 12 heteroatoms. The predicted molar refractivity (Wildman–Crippen MR) is 166 cm³/mol. The van der Waals surface area contributed by atoms with Crippen LogP contribution in [0.15, 0.2) is 38.5 Å². The van der Waals surface area contributed by atoms with Crippen LogP contribution in [-0.4, -0.2) is 72.2 Å². The fourth-order valence-electron chi connectivity index (χ4n) is 5.51. The standard InChI is InChI=1S/C30H37NO8S3/c1-9-36-25(32)20-21(26(33)37-10-2)40-24-19(17-15-16(5)13-14-18(17)31(8)29(24,6)7)30(20)41-22(27(34)38-11-3)23(42-30)28(35)39-12-4/h13-15,19,24H,9-12H2,1-8H3/t19-,24+/m0/s1. The molecule has 228 valence electrons. The summed E-state index contributed by atoms with van der Waals surface area (Å²) < 4.78 is 20.5. The van der Waals surface area contributed by atoms with Gasteiger partial charge in [-0.3, -0.25) is 0 Å². The summed E-state index contributed by atoms with van der Waals surface area (Å²) in [5.41, 5.74) is 2.43. The number of aryl methyl sites for hydroxylation is 1. The lowest BCUT2D eigenvalue weighted by molar-refractivity contribution is -0.141. The number of carbonyl (C=O) groups is 4. The number of thioether (sulfide) groups is 3. The lowest BCUT2D eigenvalue weighted by Crippen LogP contribution is -2.60. The van der Waals surface area contributed by atoms with E-state index < -0.39 is 39.4 Å². The summed E-state index contributed by atoms with van der Waals surface area (Å²) in [5.74, 6) is -3.19. The van der Waals surface area contributed by atoms with Crippen LogP contribution in [0.25, 0.3) is 0 Å². The molecular weight excluding hydrogens is 599 g/mol. The van der Waals surface area contributed by atoms with Crippen LogP contribution in [0.2, 0.25) is 0 Å². The Morgan fingerprint density at radius 2 is 1.26 bits per heavy atom. The lowest BCUT2D eigenvalue weighted by atomic mass is 9.74. The summed E-state index contributed by atoms with van der Waals surface area (Å²) in [7, 11) is 2.01. The van der Waals surface area contributed by atoms with Crippen molar-refractivity contribution >= 4 is 64.9 Å². The molecule has 0 saturated carbocycles. The molecule has 1 aromatic rings. The highest BCUT2D eigenvalue weighted by Crippen LogP contribution is 2.72. The molecule has 9 nitrogen and oxygen atoms in total. The van der Waals surface area contributed by atoms with Gasteiger partial charge in [-0.15, -0.1) is 11.8 Å². The van der Waals surface area contributed by atoms with Crippen molar-refractivity contribution in [1.29, 1.82) is 0 Å². The molecule has 0 saturated heterocycles. The SMILES string of the molecule is CCOC(=O)C1=C(C(=O)OCC)SC2(S1)C(C(=O)OCC)=C(C(=O)OCC)S[C@@H]1[C@@H]2c2cc(C)ccc2N(C)C1(C)C. The van der Waals surface area contributed by atoms with E-state index in [0.29, 0.717) is 0 Å². The van der Waals surface area contributed by atoms with E-state index in [2.05, 4.69) is 24.8 Å². The van der Waals surface area contributed by atoms with Gasteiger partial charge in [0.2, 0.25) is 0 Å². The number of carbonyl (C=O) groups excluding carboxylic acids is 4. The van der Waals surface area contributed by atoms with Gasteiger partial charge >= 0.3 is 23.9 Å². The third-order valence-electron chi connectivity index (χ3n) is 7.55. The van der Waals surface area contributed by atoms with Crippen LogP contribution >= 0.6 is 35.3 Å². The first-order valence-corrected chi connectivity index (χ1v) is 16.5. The summed E-state index contributed by atoms with van der Waals surface area (Å²) in [6.45, 7) is 13.3. The number of nitrogens with zero attached hydrogens (tertiary/aromatic N) is 1. The van der Waals surface area contributed by atoms with Crippen LogP contribution in [-0.2, 0) is 38.1 Å². The first kappa shape index (κ1) is 32.3. The molecule has 1 spiro atoms. The summed E-state index contributed by atoms with van der Waals surface area (Å²) in [4.78, 5) is 56.8. The van der Waals surface area contributed by atoms with Crippen molar-refractivity contribution in [2.45, 2.75) is 69.3 Å². The molecule has 0 aliphatic carbocycles. The average Bonchev–Trinajstić information content (AvgIpc) is 3.32. The van der Waals surface area contributed by atoms with Crippen molar-refractivity contribution in [3.8, 4) is 0 Å². The number of fused-ring (bicyclic) bond motifs is 4. The smallest absolute Gasteiger partial charge is 0.346 e. The molecule has 0 amide bonds. The Bertz CT molecular complexity index is 1340. The van der Waals surface area contributed by atoms with E-state index in [1.807, 2.05) is 26.1 Å². The quantitative estimate of drug-likeness (QED) is 0.273. The van der Waals surface area contributed by atoms with Gasteiger partial charge < -0.3 is 23.8 Å². The highest BCUT2D eigenvalue weighted by Gasteiger charge is 2.66. The highest BCUT2D eigenvalue weighted by molar-refractivity contribution is 8.26. The zero-order valence-electron chi connectivity index (χ0n) is 25.2. The number of hydrogen-bond donors (Lipinski definition) is 0. The van der Waals surface area contributed by atoms with Crippen LogP contribution < -0.4 is 4.90 Å². The summed E-state index contributed by atoms with van der Waals surface area (Å²) in [5, 5.41) is -0.306. The Labute approximate surface area is 259 Å². The predicted octanol–water partition coefficient (Wildman–Crippen LogP) is 5.32. The van der Waals surface area contributed by atoms with Gasteiger partial charge in [0.15, 0.2) is 0 Å². The molecule has 0 unspecified atom stereocenters. The molecule has 0 radical (unpaired) electrons. The number of anilines is 1. The summed E-state index contributed by atoms with van der Waals surface area (Å²) in [6.07, 6.45) is 0. The highest BCUT2D eigenvalue weighted by atomic mass is 32.2. The van der Waals surface area contributed by atoms with E-state index in [4.69, 9.17) is 18.9 Å². The minimum absolute atomic E-state index is 0.0434. The van der Waals surface area contributed by atoms with Gasteiger partial charge in [0.1, 0.15) is 18.8 Å². The number of hydrogen-bond acceptors (Lipinski definition) is 12. The second kappa shape index (κ2) is 12.6. The minimum Gasteiger partial charge on any atom is -0.463 e. The van der Waals surface area contributed by atoms with E-state index in [1.54, 1.807) is 27.7 Å². The summed E-state index contributed by atoms with van der Waals surface area (Å²) in [6, 6.07) is 6.15. The van der Waals surface area contributed by atoms with Crippen molar-refractivity contribution < 1.29 is 38.1 Å². The molecule has 0 aromatic heterocycles. The van der Waals surface area contributed by atoms with Gasteiger partial charge in [-0.05, 0) is 60.1 Å². The van der Waals surface area contributed by atoms with Crippen LogP contribution in [0, 0.1) is 6.92 Å². The molecule has 4 rings (SSSR count). The van der Waals surface area contributed by atoms with Crippen molar-refractivity contribution in [2.75, 3.05) is 38.4 Å². The van der Waals surface area contributed by atoms with Gasteiger partial charge in [-0.1, -0.05) is 41.2 Å². The number of rotatable bonds is 8. The second-order valence-corrected chi connectivity index (χ2v) is 14.3. The van der Waals surface area contributed by atoms with Gasteiger partial charge in [0, 0.05) is 29.4 Å². The Morgan fingerprint density at radius 1 is 0.786 bits per heavy atom. The average molecular weight is 636 g/mol. The van der Waals surface area contributed by atoms with Gasteiger partial charge in [0.25, 0.3) is 0 Å². The van der Waals surface area contributed by atoms with Crippen LogP contribution in [0.3, 0.4) is 0 Å². The van der Waals surface area contributed by atoms with Crippen molar-refractivity contribution in [3.63, 3.8) is 0 Å². The second-order valence-electron chi connectivity index (χ2n) is 10.4. The maximum atomic E-state index is 14.0. The van der Waals surface area contributed by atoms with Crippen molar-refractivity contribution in [3.05, 3.63) is 49.6 Å². The Balaban J connectivity index is 2.11. The zero-order chi connectivity index (χ0) is 31.0. The first-order chi connectivity index (χ1) is 19.9. The lowest BCUT2D eigenvalue weighted by Gasteiger charge is -2.57. The third-order valence-corrected chi connectivity index (χ3v) is 12.6. The molecule has 0 N–H and O–H groups in total. The normalized spacial score (nSPS) is 22.0. The van der Waals surface area contributed by atoms with Crippen LogP contribution in [0.4, 0.5) is 5.69 Å². The molecular formula is C30H37NO8S3. The zero-order valence-corrected chi connectivity index (χ0v) is 27.6. The van der Waals surface area contributed by atoms with E-state index in [1.165, 1.54) is 11.8 Å². The molecule has 42 heavy (non-hydrogen) atoms. The van der Waals surface area contributed by atoms with Crippen LogP contribution in [0.1, 0.15) is 58.6 Å². The maximum absolute atomic E-state index is 14.0. The summed E-state index contributed by atoms with van der Waals surface area (Å²) >= 11 is 3.44. The fourth-order valence-corrected chi connectivity index (χ4v) is 11.0.